The Labute approximate surface area is 198 Å². The number of anilines is 2. The van der Waals surface area contributed by atoms with Gasteiger partial charge in [0.05, 0.1) is 30.2 Å². The lowest BCUT2D eigenvalue weighted by atomic mass is 9.88. The fraction of sp³-hybridized carbons (Fsp3) is 0.583. The summed E-state index contributed by atoms with van der Waals surface area (Å²) < 4.78 is 22.2. The van der Waals surface area contributed by atoms with Gasteiger partial charge in [0, 0.05) is 38.3 Å². The molecule has 1 saturated carbocycles. The summed E-state index contributed by atoms with van der Waals surface area (Å²) in [6, 6.07) is 4.85. The molecule has 0 bridgehead atoms. The minimum atomic E-state index is -0.496. The van der Waals surface area contributed by atoms with Crippen LogP contribution in [0.2, 0.25) is 0 Å². The number of hydrogen-bond donors (Lipinski definition) is 0. The van der Waals surface area contributed by atoms with E-state index in [1.54, 1.807) is 23.0 Å². The lowest BCUT2D eigenvalue weighted by Crippen LogP contribution is -2.50. The molecule has 2 aromatic rings. The van der Waals surface area contributed by atoms with Crippen LogP contribution in [0.4, 0.5) is 20.6 Å². The second-order valence-electron chi connectivity index (χ2n) is 9.48. The second kappa shape index (κ2) is 9.60. The molecule has 2 amide bonds. The summed E-state index contributed by atoms with van der Waals surface area (Å²) in [5.41, 5.74) is 1.75. The number of aryl methyl sites for hydroxylation is 1. The number of benzene rings is 1. The molecule has 3 heterocycles. The molecule has 1 aliphatic carbocycles. The number of ether oxygens (including phenoxy) is 1. The van der Waals surface area contributed by atoms with Crippen molar-refractivity contribution in [2.24, 2.45) is 5.92 Å². The quantitative estimate of drug-likeness (QED) is 0.668. The van der Waals surface area contributed by atoms with Crippen molar-refractivity contribution in [1.29, 1.82) is 0 Å². The van der Waals surface area contributed by atoms with E-state index < -0.39 is 6.09 Å². The van der Waals surface area contributed by atoms with Crippen molar-refractivity contribution < 1.29 is 18.7 Å². The van der Waals surface area contributed by atoms with Crippen LogP contribution in [-0.2, 0) is 16.1 Å². The normalized spacial score (nSPS) is 21.8. The summed E-state index contributed by atoms with van der Waals surface area (Å²) in [5, 5.41) is 7.93. The van der Waals surface area contributed by atoms with Crippen LogP contribution in [0, 0.1) is 18.7 Å². The third kappa shape index (κ3) is 4.71. The zero-order valence-electron chi connectivity index (χ0n) is 19.5. The number of carbonyl (C=O) groups is 2. The zero-order valence-corrected chi connectivity index (χ0v) is 19.5. The lowest BCUT2D eigenvalue weighted by molar-refractivity contribution is -0.136. The summed E-state index contributed by atoms with van der Waals surface area (Å²) in [6.45, 7) is 4.97. The Morgan fingerprint density at radius 3 is 2.59 bits per heavy atom. The second-order valence-corrected chi connectivity index (χ2v) is 9.48. The Kier molecular flexibility index (Phi) is 6.38. The van der Waals surface area contributed by atoms with E-state index >= 15 is 4.39 Å². The number of piperazine rings is 1. The molecular weight excluding hydrogens is 439 g/mol. The zero-order chi connectivity index (χ0) is 23.7. The number of cyclic esters (lactones) is 1. The molecule has 10 heteroatoms. The molecule has 3 aliphatic rings. The molecule has 3 fully saturated rings. The van der Waals surface area contributed by atoms with Crippen molar-refractivity contribution in [3.8, 4) is 0 Å². The fourth-order valence-electron chi connectivity index (χ4n) is 5.22. The maximum atomic E-state index is 15.1. The van der Waals surface area contributed by atoms with Gasteiger partial charge in [0.1, 0.15) is 11.9 Å². The first-order valence-electron chi connectivity index (χ1n) is 12.2. The highest BCUT2D eigenvalue weighted by atomic mass is 19.1. The third-order valence-corrected chi connectivity index (χ3v) is 7.05. The number of amides is 2. The van der Waals surface area contributed by atoms with Gasteiger partial charge in [0.25, 0.3) is 0 Å². The van der Waals surface area contributed by atoms with Crippen molar-refractivity contribution in [1.82, 2.24) is 19.9 Å². The van der Waals surface area contributed by atoms with Crippen molar-refractivity contribution in [2.45, 2.75) is 51.7 Å². The molecular formula is C24H31FN6O3. The van der Waals surface area contributed by atoms with E-state index in [0.29, 0.717) is 50.6 Å². The van der Waals surface area contributed by atoms with E-state index in [9.17, 15) is 9.59 Å². The molecule has 9 nitrogen and oxygen atoms in total. The molecule has 1 aromatic carbocycles. The Morgan fingerprint density at radius 2 is 1.91 bits per heavy atom. The predicted molar refractivity (Wildman–Crippen MR) is 124 cm³/mol. The van der Waals surface area contributed by atoms with Gasteiger partial charge in [-0.25, -0.2) is 13.9 Å². The van der Waals surface area contributed by atoms with Crippen LogP contribution in [0.3, 0.4) is 0 Å². The molecule has 34 heavy (non-hydrogen) atoms. The maximum absolute atomic E-state index is 15.1. The molecule has 1 atom stereocenters. The lowest BCUT2D eigenvalue weighted by Gasteiger charge is -2.38. The number of carbonyl (C=O) groups excluding carboxylic acids is 2. The van der Waals surface area contributed by atoms with Gasteiger partial charge in [-0.15, -0.1) is 5.10 Å². The fourth-order valence-corrected chi connectivity index (χ4v) is 5.22. The molecule has 0 unspecified atom stereocenters. The number of hydrogen-bond acceptors (Lipinski definition) is 6. The van der Waals surface area contributed by atoms with Crippen LogP contribution in [0.5, 0.6) is 0 Å². The van der Waals surface area contributed by atoms with E-state index in [1.165, 1.54) is 17.4 Å². The van der Waals surface area contributed by atoms with Crippen LogP contribution >= 0.6 is 0 Å². The van der Waals surface area contributed by atoms with Gasteiger partial charge < -0.3 is 14.5 Å². The van der Waals surface area contributed by atoms with Gasteiger partial charge >= 0.3 is 6.09 Å². The van der Waals surface area contributed by atoms with Gasteiger partial charge in [-0.2, -0.15) is 0 Å². The standard InChI is InChI=1S/C24H31FN6O3/c1-17-14-30(27-26-17)15-20-16-31(24(33)34-20)19-7-8-22(21(25)13-19)28-9-11-29(12-10-28)23(32)18-5-3-2-4-6-18/h7-8,13-14,18,20H,2-6,9-12,15-16H2,1H3/t20-/m0/s1. The van der Waals surface area contributed by atoms with Crippen molar-refractivity contribution in [3.63, 3.8) is 0 Å². The van der Waals surface area contributed by atoms with Crippen LogP contribution in [0.1, 0.15) is 37.8 Å². The average molecular weight is 471 g/mol. The molecule has 1 aromatic heterocycles. The van der Waals surface area contributed by atoms with Crippen LogP contribution in [0.25, 0.3) is 0 Å². The van der Waals surface area contributed by atoms with Crippen LogP contribution in [0.15, 0.2) is 24.4 Å². The number of rotatable bonds is 5. The molecule has 0 N–H and O–H groups in total. The first kappa shape index (κ1) is 22.6. The molecule has 5 rings (SSSR count). The van der Waals surface area contributed by atoms with E-state index in [-0.39, 0.29) is 23.7 Å². The first-order chi connectivity index (χ1) is 16.5. The largest absolute Gasteiger partial charge is 0.442 e. The van der Waals surface area contributed by atoms with Gasteiger partial charge in [-0.1, -0.05) is 24.5 Å². The van der Waals surface area contributed by atoms with Crippen LogP contribution < -0.4 is 9.80 Å². The molecule has 0 spiro atoms. The van der Waals surface area contributed by atoms with E-state index in [2.05, 4.69) is 10.3 Å². The SMILES string of the molecule is Cc1cn(C[C@H]2CN(c3ccc(N4CCN(C(=O)C5CCCCC5)CC4)c(F)c3)C(=O)O2)nn1. The Morgan fingerprint density at radius 1 is 1.15 bits per heavy atom. The van der Waals surface area contributed by atoms with E-state index in [4.69, 9.17) is 4.74 Å². The summed E-state index contributed by atoms with van der Waals surface area (Å²) in [4.78, 5) is 30.6. The number of nitrogens with zero attached hydrogens (tertiary/aromatic N) is 6. The minimum absolute atomic E-state index is 0.161. The Hall–Kier alpha value is -3.17. The highest BCUT2D eigenvalue weighted by molar-refractivity contribution is 5.90. The highest BCUT2D eigenvalue weighted by Crippen LogP contribution is 2.30. The molecule has 0 radical (unpaired) electrons. The van der Waals surface area contributed by atoms with Gasteiger partial charge in [0.15, 0.2) is 0 Å². The molecule has 2 aliphatic heterocycles. The Balaban J connectivity index is 1.19. The van der Waals surface area contributed by atoms with Crippen molar-refractivity contribution in [3.05, 3.63) is 35.9 Å². The summed E-state index contributed by atoms with van der Waals surface area (Å²) >= 11 is 0. The topological polar surface area (TPSA) is 83.8 Å². The van der Waals surface area contributed by atoms with E-state index in [0.717, 1.165) is 31.4 Å². The number of aromatic nitrogens is 3. The van der Waals surface area contributed by atoms with Gasteiger partial charge in [-0.3, -0.25) is 9.69 Å². The van der Waals surface area contributed by atoms with Crippen molar-refractivity contribution >= 4 is 23.4 Å². The average Bonchev–Trinajstić information content (AvgIpc) is 3.43. The molecule has 2 saturated heterocycles. The monoisotopic (exact) mass is 470 g/mol. The van der Waals surface area contributed by atoms with Crippen molar-refractivity contribution in [2.75, 3.05) is 42.5 Å². The smallest absolute Gasteiger partial charge is 0.414 e. The highest BCUT2D eigenvalue weighted by Gasteiger charge is 2.34. The number of halogens is 1. The molecule has 182 valence electrons. The summed E-state index contributed by atoms with van der Waals surface area (Å²) in [5.74, 6) is 0.0416. The van der Waals surface area contributed by atoms with Crippen LogP contribution in [-0.4, -0.2) is 70.7 Å². The van der Waals surface area contributed by atoms with Gasteiger partial charge in [0.2, 0.25) is 5.91 Å². The summed E-state index contributed by atoms with van der Waals surface area (Å²) in [6.07, 6.45) is 6.40. The van der Waals surface area contributed by atoms with E-state index in [1.807, 2.05) is 16.7 Å². The maximum Gasteiger partial charge on any atom is 0.414 e. The van der Waals surface area contributed by atoms with Gasteiger partial charge in [-0.05, 0) is 38.0 Å². The first-order valence-corrected chi connectivity index (χ1v) is 12.2. The predicted octanol–water partition coefficient (Wildman–Crippen LogP) is 2.98. The third-order valence-electron chi connectivity index (χ3n) is 7.05. The summed E-state index contributed by atoms with van der Waals surface area (Å²) in [7, 11) is 0. The minimum Gasteiger partial charge on any atom is -0.442 e. The Bertz CT molecular complexity index is 1050.